The molecule has 15 heavy (non-hydrogen) atoms. The fourth-order valence-electron chi connectivity index (χ4n) is 1.64. The Bertz CT molecular complexity index is 406. The predicted molar refractivity (Wildman–Crippen MR) is 65.5 cm³/mol. The summed E-state index contributed by atoms with van der Waals surface area (Å²) in [5.41, 5.74) is 3.61. The largest absolute Gasteiger partial charge is 0.411 e. The molecule has 2 nitrogen and oxygen atoms in total. The molecule has 1 heterocycles. The number of nitrogens with zero attached hydrogens (tertiary/aromatic N) is 1. The molecule has 0 radical (unpaired) electrons. The molecule has 0 amide bonds. The molecule has 3 heteroatoms. The summed E-state index contributed by atoms with van der Waals surface area (Å²) in [5.74, 6) is 1.07. The van der Waals surface area contributed by atoms with Crippen LogP contribution < -0.4 is 0 Å². The third-order valence-electron chi connectivity index (χ3n) is 2.44. The minimum atomic E-state index is 0.984. The van der Waals surface area contributed by atoms with Crippen molar-refractivity contribution in [1.82, 2.24) is 0 Å². The van der Waals surface area contributed by atoms with Gasteiger partial charge in [-0.05, 0) is 24.5 Å². The van der Waals surface area contributed by atoms with E-state index in [9.17, 15) is 0 Å². The number of hydrogen-bond acceptors (Lipinski definition) is 3. The van der Waals surface area contributed by atoms with Crippen LogP contribution in [-0.4, -0.2) is 17.2 Å². The van der Waals surface area contributed by atoms with Crippen LogP contribution in [-0.2, 0) is 0 Å². The van der Waals surface area contributed by atoms with Gasteiger partial charge in [0.1, 0.15) is 0 Å². The first-order chi connectivity index (χ1) is 7.31. The van der Waals surface area contributed by atoms with Gasteiger partial charge in [-0.3, -0.25) is 0 Å². The lowest BCUT2D eigenvalue weighted by molar-refractivity contribution is 0.321. The SMILES string of the molecule is Cc1ccc(C2=C(C=NO)CCS2)cc1. The van der Waals surface area contributed by atoms with Crippen LogP contribution in [0.3, 0.4) is 0 Å². The standard InChI is InChI=1S/C12H13NOS/c1-9-2-4-10(5-3-9)12-11(8-13-14)6-7-15-12/h2-5,8,14H,6-7H2,1H3. The van der Waals surface area contributed by atoms with Gasteiger partial charge in [-0.25, -0.2) is 0 Å². The van der Waals surface area contributed by atoms with Crippen LogP contribution in [0.5, 0.6) is 0 Å². The number of allylic oxidation sites excluding steroid dienone is 1. The predicted octanol–water partition coefficient (Wildman–Crippen LogP) is 3.30. The van der Waals surface area contributed by atoms with Gasteiger partial charge < -0.3 is 5.21 Å². The number of oxime groups is 1. The van der Waals surface area contributed by atoms with Gasteiger partial charge in [0.2, 0.25) is 0 Å². The van der Waals surface area contributed by atoms with Crippen molar-refractivity contribution in [2.24, 2.45) is 5.16 Å². The van der Waals surface area contributed by atoms with E-state index in [1.165, 1.54) is 16.0 Å². The molecule has 0 aliphatic carbocycles. The second-order valence-corrected chi connectivity index (χ2v) is 4.67. The molecule has 1 aromatic carbocycles. The molecule has 2 rings (SSSR count). The van der Waals surface area contributed by atoms with Crippen molar-refractivity contribution in [2.45, 2.75) is 13.3 Å². The Hall–Kier alpha value is -1.22. The van der Waals surface area contributed by atoms with Gasteiger partial charge in [0.15, 0.2) is 0 Å². The first-order valence-corrected chi connectivity index (χ1v) is 5.90. The van der Waals surface area contributed by atoms with E-state index in [2.05, 4.69) is 36.3 Å². The lowest BCUT2D eigenvalue weighted by Crippen LogP contribution is -1.85. The van der Waals surface area contributed by atoms with Crippen LogP contribution in [0.15, 0.2) is 35.0 Å². The molecular formula is C12H13NOS. The smallest absolute Gasteiger partial charge is 0.0705 e. The zero-order valence-corrected chi connectivity index (χ0v) is 9.42. The zero-order valence-electron chi connectivity index (χ0n) is 8.60. The molecule has 0 spiro atoms. The van der Waals surface area contributed by atoms with Crippen LogP contribution in [0, 0.1) is 6.92 Å². The molecule has 0 unspecified atom stereocenters. The summed E-state index contributed by atoms with van der Waals surface area (Å²) in [6.07, 6.45) is 2.53. The quantitative estimate of drug-likeness (QED) is 0.470. The molecule has 0 bridgehead atoms. The third kappa shape index (κ3) is 2.23. The highest BCUT2D eigenvalue weighted by Crippen LogP contribution is 2.38. The molecular weight excluding hydrogens is 206 g/mol. The normalized spacial score (nSPS) is 16.6. The van der Waals surface area contributed by atoms with Crippen molar-refractivity contribution in [2.75, 3.05) is 5.75 Å². The Morgan fingerprint density at radius 1 is 1.33 bits per heavy atom. The highest BCUT2D eigenvalue weighted by atomic mass is 32.2. The summed E-state index contributed by atoms with van der Waals surface area (Å²) in [6, 6.07) is 8.45. The monoisotopic (exact) mass is 219 g/mol. The van der Waals surface area contributed by atoms with Crippen LogP contribution in [0.4, 0.5) is 0 Å². The molecule has 0 saturated heterocycles. The molecule has 78 valence electrons. The van der Waals surface area contributed by atoms with Gasteiger partial charge in [-0.15, -0.1) is 11.8 Å². The maximum absolute atomic E-state index is 8.56. The van der Waals surface area contributed by atoms with Gasteiger partial charge in [-0.2, -0.15) is 0 Å². The van der Waals surface area contributed by atoms with Crippen LogP contribution in [0.25, 0.3) is 4.91 Å². The van der Waals surface area contributed by atoms with E-state index in [1.54, 1.807) is 6.21 Å². The highest BCUT2D eigenvalue weighted by Gasteiger charge is 2.15. The summed E-state index contributed by atoms with van der Waals surface area (Å²) >= 11 is 1.83. The van der Waals surface area contributed by atoms with E-state index >= 15 is 0 Å². The Balaban J connectivity index is 2.37. The van der Waals surface area contributed by atoms with Crippen LogP contribution >= 0.6 is 11.8 Å². The minimum absolute atomic E-state index is 0.984. The maximum Gasteiger partial charge on any atom is 0.0705 e. The fourth-order valence-corrected chi connectivity index (χ4v) is 2.80. The second kappa shape index (κ2) is 4.53. The van der Waals surface area contributed by atoms with Crippen molar-refractivity contribution in [1.29, 1.82) is 0 Å². The molecule has 0 atom stereocenters. The minimum Gasteiger partial charge on any atom is -0.411 e. The number of benzene rings is 1. The van der Waals surface area contributed by atoms with Gasteiger partial charge in [0.25, 0.3) is 0 Å². The fraction of sp³-hybridized carbons (Fsp3) is 0.250. The van der Waals surface area contributed by atoms with E-state index < -0.39 is 0 Å². The van der Waals surface area contributed by atoms with Crippen LogP contribution in [0.2, 0.25) is 0 Å². The number of thioether (sulfide) groups is 1. The van der Waals surface area contributed by atoms with Crippen molar-refractivity contribution in [3.63, 3.8) is 0 Å². The van der Waals surface area contributed by atoms with Crippen molar-refractivity contribution >= 4 is 22.9 Å². The number of hydrogen-bond donors (Lipinski definition) is 1. The molecule has 0 aromatic heterocycles. The molecule has 1 aliphatic heterocycles. The number of rotatable bonds is 2. The van der Waals surface area contributed by atoms with E-state index in [1.807, 2.05) is 11.8 Å². The molecule has 0 saturated carbocycles. The molecule has 1 aliphatic rings. The Labute approximate surface area is 93.7 Å². The topological polar surface area (TPSA) is 32.6 Å². The van der Waals surface area contributed by atoms with E-state index in [4.69, 9.17) is 5.21 Å². The first-order valence-electron chi connectivity index (χ1n) is 4.91. The Morgan fingerprint density at radius 2 is 2.07 bits per heavy atom. The Kier molecular flexibility index (Phi) is 3.11. The van der Waals surface area contributed by atoms with Crippen molar-refractivity contribution in [3.8, 4) is 0 Å². The van der Waals surface area contributed by atoms with Gasteiger partial charge in [0, 0.05) is 10.7 Å². The summed E-state index contributed by atoms with van der Waals surface area (Å²) in [4.78, 5) is 1.24. The van der Waals surface area contributed by atoms with E-state index in [0.29, 0.717) is 0 Å². The summed E-state index contributed by atoms with van der Waals surface area (Å²) in [5, 5.41) is 11.7. The Morgan fingerprint density at radius 3 is 2.73 bits per heavy atom. The zero-order chi connectivity index (χ0) is 10.7. The molecule has 0 fully saturated rings. The second-order valence-electron chi connectivity index (χ2n) is 3.56. The molecule has 1 N–H and O–H groups in total. The average molecular weight is 219 g/mol. The average Bonchev–Trinajstić information content (AvgIpc) is 2.68. The van der Waals surface area contributed by atoms with E-state index in [-0.39, 0.29) is 0 Å². The number of aryl methyl sites for hydroxylation is 1. The highest BCUT2D eigenvalue weighted by molar-refractivity contribution is 8.08. The van der Waals surface area contributed by atoms with Crippen molar-refractivity contribution < 1.29 is 5.21 Å². The van der Waals surface area contributed by atoms with Gasteiger partial charge >= 0.3 is 0 Å². The van der Waals surface area contributed by atoms with Gasteiger partial charge in [0.05, 0.1) is 6.21 Å². The van der Waals surface area contributed by atoms with Gasteiger partial charge in [-0.1, -0.05) is 35.0 Å². The maximum atomic E-state index is 8.56. The summed E-state index contributed by atoms with van der Waals surface area (Å²) in [7, 11) is 0. The summed E-state index contributed by atoms with van der Waals surface area (Å²) < 4.78 is 0. The molecule has 1 aromatic rings. The van der Waals surface area contributed by atoms with Crippen LogP contribution in [0.1, 0.15) is 17.5 Å². The lowest BCUT2D eigenvalue weighted by Gasteiger charge is -2.03. The van der Waals surface area contributed by atoms with Crippen molar-refractivity contribution in [3.05, 3.63) is 41.0 Å². The first kappa shape index (κ1) is 10.3. The lowest BCUT2D eigenvalue weighted by atomic mass is 10.1. The van der Waals surface area contributed by atoms with E-state index in [0.717, 1.165) is 17.7 Å². The third-order valence-corrected chi connectivity index (χ3v) is 3.63. The summed E-state index contributed by atoms with van der Waals surface area (Å²) in [6.45, 7) is 2.08.